The average molecular weight is 290 g/mol. The Balaban J connectivity index is 2.19. The molecule has 2 atom stereocenters. The van der Waals surface area contributed by atoms with Crippen LogP contribution in [0, 0.1) is 17.3 Å². The Morgan fingerprint density at radius 2 is 2.00 bits per heavy atom. The third-order valence-corrected chi connectivity index (χ3v) is 4.67. The number of carbonyl (C=O) groups excluding carboxylic acids is 1. The van der Waals surface area contributed by atoms with Gasteiger partial charge in [-0.05, 0) is 30.1 Å². The van der Waals surface area contributed by atoms with Gasteiger partial charge in [0.05, 0.1) is 0 Å². The van der Waals surface area contributed by atoms with E-state index in [9.17, 15) is 4.79 Å². The second kappa shape index (κ2) is 5.52. The number of carbonyl (C=O) groups is 1. The van der Waals surface area contributed by atoms with E-state index in [1.54, 1.807) is 0 Å². The van der Waals surface area contributed by atoms with E-state index in [0.29, 0.717) is 17.2 Å². The van der Waals surface area contributed by atoms with Gasteiger partial charge in [-0.1, -0.05) is 43.6 Å². The number of hydrogen-bond donors (Lipinski definition) is 1. The molecule has 1 saturated carbocycles. The Hall–Kier alpha value is -0.0500. The van der Waals surface area contributed by atoms with Crippen molar-refractivity contribution in [2.75, 3.05) is 6.54 Å². The fourth-order valence-electron chi connectivity index (χ4n) is 1.49. The number of hydrogen-bond acceptors (Lipinski definition) is 1. The highest BCUT2D eigenvalue weighted by Gasteiger charge is 2.29. The third kappa shape index (κ3) is 4.86. The van der Waals surface area contributed by atoms with Gasteiger partial charge < -0.3 is 5.32 Å². The van der Waals surface area contributed by atoms with Crippen LogP contribution in [0.3, 0.4) is 0 Å². The van der Waals surface area contributed by atoms with Crippen LogP contribution in [0.4, 0.5) is 0 Å². The molecule has 0 aromatic rings. The number of rotatable bonds is 5. The predicted molar refractivity (Wildman–Crippen MR) is 71.7 cm³/mol. The molecule has 1 amide bonds. The number of amides is 1. The first-order valence-corrected chi connectivity index (χ1v) is 7.13. The summed E-state index contributed by atoms with van der Waals surface area (Å²) in [6.07, 6.45) is 3.25. The molecule has 0 heterocycles. The summed E-state index contributed by atoms with van der Waals surface area (Å²) in [5.41, 5.74) is 0.210. The largest absolute Gasteiger partial charge is 0.355 e. The summed E-state index contributed by atoms with van der Waals surface area (Å²) in [7, 11) is 0. The Kier molecular flexibility index (Phi) is 4.84. The standard InChI is InChI=1S/C13H24BrNO/c1-9(13(2,3)4)7-12(16)15-8-11(14)10-5-6-10/h9-11H,5-8H2,1-4H3,(H,15,16). The lowest BCUT2D eigenvalue weighted by molar-refractivity contribution is -0.122. The van der Waals surface area contributed by atoms with Crippen molar-refractivity contribution >= 4 is 21.8 Å². The molecule has 0 saturated heterocycles. The molecule has 16 heavy (non-hydrogen) atoms. The summed E-state index contributed by atoms with van der Waals surface area (Å²) in [6.45, 7) is 9.47. The maximum absolute atomic E-state index is 11.7. The molecular weight excluding hydrogens is 266 g/mol. The van der Waals surface area contributed by atoms with Crippen LogP contribution >= 0.6 is 15.9 Å². The average Bonchev–Trinajstić information content (AvgIpc) is 2.95. The van der Waals surface area contributed by atoms with Gasteiger partial charge >= 0.3 is 0 Å². The normalized spacial score (nSPS) is 20.3. The molecule has 0 spiro atoms. The van der Waals surface area contributed by atoms with Crippen molar-refractivity contribution < 1.29 is 4.79 Å². The van der Waals surface area contributed by atoms with E-state index >= 15 is 0 Å². The van der Waals surface area contributed by atoms with Crippen molar-refractivity contribution in [3.63, 3.8) is 0 Å². The molecule has 0 aromatic carbocycles. The van der Waals surface area contributed by atoms with Crippen LogP contribution in [-0.4, -0.2) is 17.3 Å². The fourth-order valence-corrected chi connectivity index (χ4v) is 2.18. The van der Waals surface area contributed by atoms with E-state index in [0.717, 1.165) is 12.5 Å². The molecule has 3 heteroatoms. The van der Waals surface area contributed by atoms with Crippen LogP contribution in [0.5, 0.6) is 0 Å². The summed E-state index contributed by atoms with van der Waals surface area (Å²) >= 11 is 3.62. The Bertz CT molecular complexity index is 243. The van der Waals surface area contributed by atoms with Crippen molar-refractivity contribution in [2.45, 2.75) is 51.8 Å². The molecule has 0 aliphatic heterocycles. The zero-order chi connectivity index (χ0) is 12.3. The highest BCUT2D eigenvalue weighted by atomic mass is 79.9. The minimum Gasteiger partial charge on any atom is -0.355 e. The maximum Gasteiger partial charge on any atom is 0.220 e. The lowest BCUT2D eigenvalue weighted by Crippen LogP contribution is -2.33. The summed E-state index contributed by atoms with van der Waals surface area (Å²) in [5.74, 6) is 1.40. The SMILES string of the molecule is CC(CC(=O)NCC(Br)C1CC1)C(C)(C)C. The summed E-state index contributed by atoms with van der Waals surface area (Å²) in [4.78, 5) is 12.2. The second-order valence-electron chi connectivity index (χ2n) is 6.13. The molecule has 94 valence electrons. The van der Waals surface area contributed by atoms with Crippen LogP contribution < -0.4 is 5.32 Å². The van der Waals surface area contributed by atoms with Crippen molar-refractivity contribution in [3.05, 3.63) is 0 Å². The van der Waals surface area contributed by atoms with Crippen LogP contribution in [0.2, 0.25) is 0 Å². The Labute approximate surface area is 108 Å². The van der Waals surface area contributed by atoms with Gasteiger partial charge in [-0.25, -0.2) is 0 Å². The zero-order valence-electron chi connectivity index (χ0n) is 10.8. The van der Waals surface area contributed by atoms with Gasteiger partial charge in [0.2, 0.25) is 5.91 Å². The van der Waals surface area contributed by atoms with Crippen molar-refractivity contribution in [2.24, 2.45) is 17.3 Å². The minimum absolute atomic E-state index is 0.188. The molecule has 0 radical (unpaired) electrons. The molecule has 1 N–H and O–H groups in total. The van der Waals surface area contributed by atoms with Crippen molar-refractivity contribution in [3.8, 4) is 0 Å². The Morgan fingerprint density at radius 3 is 2.44 bits per heavy atom. The highest BCUT2D eigenvalue weighted by Crippen LogP contribution is 2.36. The van der Waals surface area contributed by atoms with E-state index < -0.39 is 0 Å². The van der Waals surface area contributed by atoms with Crippen LogP contribution in [0.1, 0.15) is 47.0 Å². The van der Waals surface area contributed by atoms with E-state index in [1.165, 1.54) is 12.8 Å². The molecule has 2 nitrogen and oxygen atoms in total. The first kappa shape index (κ1) is 14.0. The van der Waals surface area contributed by atoms with Gasteiger partial charge in [0.15, 0.2) is 0 Å². The van der Waals surface area contributed by atoms with Gasteiger partial charge in [-0.3, -0.25) is 4.79 Å². The van der Waals surface area contributed by atoms with E-state index in [1.807, 2.05) is 0 Å². The number of nitrogens with one attached hydrogen (secondary N) is 1. The van der Waals surface area contributed by atoms with Gasteiger partial charge in [-0.2, -0.15) is 0 Å². The van der Waals surface area contributed by atoms with Crippen LogP contribution in [0.25, 0.3) is 0 Å². The first-order chi connectivity index (χ1) is 7.30. The van der Waals surface area contributed by atoms with E-state index in [2.05, 4.69) is 48.9 Å². The quantitative estimate of drug-likeness (QED) is 0.773. The summed E-state index contributed by atoms with van der Waals surface area (Å²) < 4.78 is 0. The predicted octanol–water partition coefficient (Wildman–Crippen LogP) is 3.35. The van der Waals surface area contributed by atoms with Gasteiger partial charge in [-0.15, -0.1) is 0 Å². The number of alkyl halides is 1. The molecule has 0 aromatic heterocycles. The smallest absolute Gasteiger partial charge is 0.220 e. The lowest BCUT2D eigenvalue weighted by Gasteiger charge is -2.26. The van der Waals surface area contributed by atoms with E-state index in [-0.39, 0.29) is 11.3 Å². The minimum atomic E-state index is 0.188. The molecule has 1 aliphatic rings. The van der Waals surface area contributed by atoms with Crippen LogP contribution in [0.15, 0.2) is 0 Å². The number of halogens is 1. The molecule has 2 unspecified atom stereocenters. The Morgan fingerprint density at radius 1 is 1.44 bits per heavy atom. The first-order valence-electron chi connectivity index (χ1n) is 6.21. The summed E-state index contributed by atoms with van der Waals surface area (Å²) in [6, 6.07) is 0. The second-order valence-corrected chi connectivity index (χ2v) is 7.30. The fraction of sp³-hybridized carbons (Fsp3) is 0.923. The third-order valence-electron chi connectivity index (χ3n) is 3.60. The molecule has 1 fully saturated rings. The van der Waals surface area contributed by atoms with Gasteiger partial charge in [0, 0.05) is 17.8 Å². The van der Waals surface area contributed by atoms with Crippen LogP contribution in [-0.2, 0) is 4.79 Å². The van der Waals surface area contributed by atoms with Gasteiger partial charge in [0.1, 0.15) is 0 Å². The monoisotopic (exact) mass is 289 g/mol. The van der Waals surface area contributed by atoms with E-state index in [4.69, 9.17) is 0 Å². The molecule has 0 bridgehead atoms. The molecular formula is C13H24BrNO. The topological polar surface area (TPSA) is 29.1 Å². The van der Waals surface area contributed by atoms with Gasteiger partial charge in [0.25, 0.3) is 0 Å². The highest BCUT2D eigenvalue weighted by molar-refractivity contribution is 9.09. The molecule has 1 aliphatic carbocycles. The lowest BCUT2D eigenvalue weighted by atomic mass is 9.80. The van der Waals surface area contributed by atoms with Crippen molar-refractivity contribution in [1.82, 2.24) is 5.32 Å². The maximum atomic E-state index is 11.7. The summed E-state index contributed by atoms with van der Waals surface area (Å²) in [5, 5.41) is 3.02. The molecule has 1 rings (SSSR count). The zero-order valence-corrected chi connectivity index (χ0v) is 12.4. The van der Waals surface area contributed by atoms with Crippen molar-refractivity contribution in [1.29, 1.82) is 0 Å².